The van der Waals surface area contributed by atoms with E-state index in [-0.39, 0.29) is 5.91 Å². The van der Waals surface area contributed by atoms with Crippen LogP contribution in [0.25, 0.3) is 21.0 Å². The van der Waals surface area contributed by atoms with Gasteiger partial charge in [0.15, 0.2) is 0 Å². The molecule has 1 amide bonds. The fourth-order valence-corrected chi connectivity index (χ4v) is 6.08. The normalized spacial score (nSPS) is 14.6. The molecule has 0 atom stereocenters. The number of pyridine rings is 1. The predicted octanol–water partition coefficient (Wildman–Crippen LogP) is 5.53. The van der Waals surface area contributed by atoms with Crippen LogP contribution in [0.2, 0.25) is 5.02 Å². The van der Waals surface area contributed by atoms with Crippen molar-refractivity contribution in [2.45, 2.75) is 13.5 Å². The molecule has 1 fully saturated rings. The molecule has 0 bridgehead atoms. The molecule has 1 saturated heterocycles. The smallest absolute Gasteiger partial charge is 0.258 e. The molecule has 0 saturated carbocycles. The number of fused-ring (bicyclic) bond motifs is 2. The fraction of sp³-hybridized carbons (Fsp3) is 0.241. The summed E-state index contributed by atoms with van der Waals surface area (Å²) in [5, 5.41) is 10.9. The molecule has 9 nitrogen and oxygen atoms in total. The number of likely N-dealkylation sites (N-methyl/N-ethyl adjacent to an activating group) is 1. The molecule has 0 unspecified atom stereocenters. The second-order valence-corrected chi connectivity index (χ2v) is 11.3. The highest BCUT2D eigenvalue weighted by molar-refractivity contribution is 7.18. The van der Waals surface area contributed by atoms with Gasteiger partial charge in [0.05, 0.1) is 21.5 Å². The number of thiophene rings is 1. The average Bonchev–Trinajstić information content (AvgIpc) is 3.39. The third-order valence-electron chi connectivity index (χ3n) is 7.32. The number of amides is 1. The number of hydrogen-bond acceptors (Lipinski definition) is 9. The quantitative estimate of drug-likeness (QED) is 0.244. The second kappa shape index (κ2) is 11.0. The standard InChI is InChI=1S/C29H29ClN8OS/c1-17-3-5-21-20(24(17)36-29(39)22-15-40-26-25(22)33-16-34-27(26)31)7-8-32-28(21)35-19-4-6-23(30)18(13-19)14-38-11-9-37(2)10-12-38/h3-8,13,15-16H,9-12,14H2,1-2H3,(H,32,35)(H,36,39)(H2,31,33,34). The molecule has 3 aromatic heterocycles. The topological polar surface area (TPSA) is 112 Å². The number of rotatable bonds is 6. The first-order valence-electron chi connectivity index (χ1n) is 13.0. The number of nitrogens with one attached hydrogen (secondary N) is 2. The van der Waals surface area contributed by atoms with Crippen molar-refractivity contribution < 1.29 is 4.79 Å². The number of nitrogens with zero attached hydrogens (tertiary/aromatic N) is 5. The summed E-state index contributed by atoms with van der Waals surface area (Å²) in [6.07, 6.45) is 3.12. The number of nitrogen functional groups attached to an aromatic ring is 1. The van der Waals surface area contributed by atoms with Crippen LogP contribution in [0.1, 0.15) is 21.5 Å². The van der Waals surface area contributed by atoms with E-state index in [1.54, 1.807) is 11.6 Å². The van der Waals surface area contributed by atoms with Crippen LogP contribution in [0.4, 0.5) is 23.0 Å². The third-order valence-corrected chi connectivity index (χ3v) is 8.68. The minimum atomic E-state index is -0.252. The van der Waals surface area contributed by atoms with Gasteiger partial charge in [-0.15, -0.1) is 11.3 Å². The van der Waals surface area contributed by atoms with E-state index in [1.165, 1.54) is 17.7 Å². The van der Waals surface area contributed by atoms with Crippen LogP contribution in [-0.2, 0) is 6.54 Å². The Kier molecular flexibility index (Phi) is 7.24. The summed E-state index contributed by atoms with van der Waals surface area (Å²) in [6.45, 7) is 6.92. The number of carbonyl (C=O) groups is 1. The molecule has 0 aliphatic carbocycles. The Morgan fingerprint density at radius 3 is 2.73 bits per heavy atom. The van der Waals surface area contributed by atoms with Crippen LogP contribution < -0.4 is 16.4 Å². The van der Waals surface area contributed by atoms with E-state index in [1.807, 2.05) is 37.3 Å². The lowest BCUT2D eigenvalue weighted by Crippen LogP contribution is -2.43. The molecule has 0 radical (unpaired) electrons. The SMILES string of the molecule is Cc1ccc2c(Nc3ccc(Cl)c(CN4CCN(C)CC4)c3)nccc2c1NC(=O)c1csc2c(N)ncnc12. The largest absolute Gasteiger partial charge is 0.382 e. The Balaban J connectivity index is 1.28. The number of carbonyl (C=O) groups excluding carboxylic acids is 1. The van der Waals surface area contributed by atoms with Crippen LogP contribution in [0, 0.1) is 6.92 Å². The van der Waals surface area contributed by atoms with E-state index < -0.39 is 0 Å². The second-order valence-electron chi connectivity index (χ2n) is 10.1. The fourth-order valence-electron chi connectivity index (χ4n) is 5.00. The summed E-state index contributed by atoms with van der Waals surface area (Å²) >= 11 is 7.94. The van der Waals surface area contributed by atoms with Gasteiger partial charge in [-0.05, 0) is 49.4 Å². The highest BCUT2D eigenvalue weighted by Gasteiger charge is 2.19. The summed E-state index contributed by atoms with van der Waals surface area (Å²) in [6, 6.07) is 11.9. The van der Waals surface area contributed by atoms with Crippen molar-refractivity contribution in [3.05, 3.63) is 76.0 Å². The maximum absolute atomic E-state index is 13.4. The molecular weight excluding hydrogens is 544 g/mol. The van der Waals surface area contributed by atoms with E-state index in [9.17, 15) is 4.79 Å². The van der Waals surface area contributed by atoms with Crippen molar-refractivity contribution in [1.29, 1.82) is 0 Å². The van der Waals surface area contributed by atoms with Gasteiger partial charge in [-0.2, -0.15) is 0 Å². The van der Waals surface area contributed by atoms with E-state index >= 15 is 0 Å². The number of nitrogens with two attached hydrogens (primary N) is 1. The monoisotopic (exact) mass is 572 g/mol. The first kappa shape index (κ1) is 26.4. The molecule has 204 valence electrons. The van der Waals surface area contributed by atoms with Gasteiger partial charge in [0, 0.05) is 65.8 Å². The zero-order valence-corrected chi connectivity index (χ0v) is 23.8. The minimum absolute atomic E-state index is 0.252. The summed E-state index contributed by atoms with van der Waals surface area (Å²) < 4.78 is 0.702. The molecular formula is C29H29ClN8OS. The third kappa shape index (κ3) is 5.18. The Morgan fingerprint density at radius 1 is 1.07 bits per heavy atom. The Labute approximate surface area is 241 Å². The predicted molar refractivity (Wildman–Crippen MR) is 164 cm³/mol. The number of halogens is 1. The van der Waals surface area contributed by atoms with Crippen molar-refractivity contribution in [2.24, 2.45) is 0 Å². The van der Waals surface area contributed by atoms with Crippen LogP contribution >= 0.6 is 22.9 Å². The van der Waals surface area contributed by atoms with Gasteiger partial charge in [-0.25, -0.2) is 15.0 Å². The molecule has 4 N–H and O–H groups in total. The number of aromatic nitrogens is 3. The van der Waals surface area contributed by atoms with Gasteiger partial charge in [0.1, 0.15) is 18.0 Å². The summed E-state index contributed by atoms with van der Waals surface area (Å²) in [7, 11) is 2.15. The van der Waals surface area contributed by atoms with E-state index in [0.29, 0.717) is 27.4 Å². The average molecular weight is 573 g/mol. The number of piperazine rings is 1. The van der Waals surface area contributed by atoms with E-state index in [4.69, 9.17) is 17.3 Å². The van der Waals surface area contributed by atoms with Crippen LogP contribution in [0.3, 0.4) is 0 Å². The Morgan fingerprint density at radius 2 is 1.90 bits per heavy atom. The Bertz CT molecular complexity index is 1730. The van der Waals surface area contributed by atoms with E-state index in [0.717, 1.165) is 71.0 Å². The van der Waals surface area contributed by atoms with Crippen molar-refractivity contribution in [3.63, 3.8) is 0 Å². The first-order valence-corrected chi connectivity index (χ1v) is 14.3. The number of anilines is 4. The maximum Gasteiger partial charge on any atom is 0.258 e. The van der Waals surface area contributed by atoms with Crippen molar-refractivity contribution in [1.82, 2.24) is 24.8 Å². The number of aryl methyl sites for hydroxylation is 1. The van der Waals surface area contributed by atoms with Crippen LogP contribution in [0.5, 0.6) is 0 Å². The van der Waals surface area contributed by atoms with Gasteiger partial charge < -0.3 is 21.3 Å². The van der Waals surface area contributed by atoms with Crippen molar-refractivity contribution >= 4 is 72.8 Å². The van der Waals surface area contributed by atoms with Crippen molar-refractivity contribution in [2.75, 3.05) is 49.6 Å². The Hall–Kier alpha value is -3.83. The summed E-state index contributed by atoms with van der Waals surface area (Å²) in [4.78, 5) is 31.1. The van der Waals surface area contributed by atoms with Crippen molar-refractivity contribution in [3.8, 4) is 0 Å². The van der Waals surface area contributed by atoms with E-state index in [2.05, 4.69) is 48.5 Å². The lowest BCUT2D eigenvalue weighted by molar-refractivity contribution is 0.102. The molecule has 40 heavy (non-hydrogen) atoms. The van der Waals surface area contributed by atoms with Gasteiger partial charge in [0.25, 0.3) is 5.91 Å². The summed E-state index contributed by atoms with van der Waals surface area (Å²) in [5.41, 5.74) is 10.6. The zero-order chi connectivity index (χ0) is 27.8. The number of hydrogen-bond donors (Lipinski definition) is 3. The molecule has 2 aromatic carbocycles. The number of benzene rings is 2. The van der Waals surface area contributed by atoms with Gasteiger partial charge >= 0.3 is 0 Å². The summed E-state index contributed by atoms with van der Waals surface area (Å²) in [5.74, 6) is 0.811. The highest BCUT2D eigenvalue weighted by atomic mass is 35.5. The lowest BCUT2D eigenvalue weighted by Gasteiger charge is -2.32. The van der Waals surface area contributed by atoms with Gasteiger partial charge in [0.2, 0.25) is 0 Å². The van der Waals surface area contributed by atoms with Gasteiger partial charge in [-0.1, -0.05) is 23.7 Å². The molecule has 4 heterocycles. The minimum Gasteiger partial charge on any atom is -0.382 e. The molecule has 6 rings (SSSR count). The maximum atomic E-state index is 13.4. The highest BCUT2D eigenvalue weighted by Crippen LogP contribution is 2.34. The molecule has 5 aromatic rings. The molecule has 0 spiro atoms. The molecule has 11 heteroatoms. The molecule has 1 aliphatic heterocycles. The van der Waals surface area contributed by atoms with Crippen LogP contribution in [0.15, 0.2) is 54.3 Å². The zero-order valence-electron chi connectivity index (χ0n) is 22.2. The first-order chi connectivity index (χ1) is 19.4. The molecule has 1 aliphatic rings. The van der Waals surface area contributed by atoms with Gasteiger partial charge in [-0.3, -0.25) is 9.69 Å². The van der Waals surface area contributed by atoms with Crippen LogP contribution in [-0.4, -0.2) is 63.9 Å². The lowest BCUT2D eigenvalue weighted by atomic mass is 10.0.